The average Bonchev–Trinajstić information content (AvgIpc) is 3.70. The number of furan rings is 1. The number of halogens is 2. The van der Waals surface area contributed by atoms with Crippen molar-refractivity contribution in [3.63, 3.8) is 0 Å². The molecule has 0 radical (unpaired) electrons. The van der Waals surface area contributed by atoms with E-state index in [-0.39, 0.29) is 0 Å². The third-order valence-corrected chi connectivity index (χ3v) is 7.92. The molecule has 41 heavy (non-hydrogen) atoms. The molecule has 6 rings (SSSR count). The number of aromatic nitrogens is 4. The summed E-state index contributed by atoms with van der Waals surface area (Å²) in [6.07, 6.45) is 3.48. The van der Waals surface area contributed by atoms with Gasteiger partial charge < -0.3 is 24.1 Å². The molecule has 1 fully saturated rings. The molecule has 0 aliphatic carbocycles. The lowest BCUT2D eigenvalue weighted by Gasteiger charge is -2.36. The maximum absolute atomic E-state index is 6.47. The first-order valence-electron chi connectivity index (χ1n) is 13.2. The van der Waals surface area contributed by atoms with Crippen molar-refractivity contribution in [2.75, 3.05) is 50.6 Å². The van der Waals surface area contributed by atoms with Crippen LogP contribution in [0.2, 0.25) is 10.0 Å². The summed E-state index contributed by atoms with van der Waals surface area (Å²) in [6.45, 7) is 4.56. The molecule has 12 heteroatoms. The Morgan fingerprint density at radius 3 is 2.56 bits per heavy atom. The highest BCUT2D eigenvalue weighted by Crippen LogP contribution is 2.33. The zero-order valence-corrected chi connectivity index (χ0v) is 24.2. The summed E-state index contributed by atoms with van der Waals surface area (Å²) < 4.78 is 18.1. The number of anilines is 2. The minimum Gasteiger partial charge on any atom is -0.493 e. The number of ether oxygens (including phenoxy) is 2. The summed E-state index contributed by atoms with van der Waals surface area (Å²) in [5.41, 5.74) is 3.67. The van der Waals surface area contributed by atoms with Gasteiger partial charge in [0.2, 0.25) is 11.8 Å². The molecule has 1 saturated heterocycles. The topological polar surface area (TPSA) is 93.2 Å². The fourth-order valence-corrected chi connectivity index (χ4v) is 5.37. The Morgan fingerprint density at radius 2 is 1.80 bits per heavy atom. The van der Waals surface area contributed by atoms with Crippen molar-refractivity contribution in [2.24, 2.45) is 0 Å². The second kappa shape index (κ2) is 11.9. The number of fused-ring (bicyclic) bond motifs is 1. The Morgan fingerprint density at radius 1 is 0.976 bits per heavy atom. The van der Waals surface area contributed by atoms with Crippen molar-refractivity contribution in [1.82, 2.24) is 24.5 Å². The van der Waals surface area contributed by atoms with Gasteiger partial charge in [-0.25, -0.2) is 9.97 Å². The van der Waals surface area contributed by atoms with Gasteiger partial charge in [0.05, 0.1) is 36.2 Å². The van der Waals surface area contributed by atoms with Crippen LogP contribution in [0.1, 0.15) is 11.1 Å². The van der Waals surface area contributed by atoms with E-state index in [2.05, 4.69) is 15.1 Å². The lowest BCUT2D eigenvalue weighted by molar-refractivity contribution is 0.250. The van der Waals surface area contributed by atoms with Crippen LogP contribution in [0.4, 0.5) is 11.6 Å². The molecule has 0 spiro atoms. The van der Waals surface area contributed by atoms with E-state index in [1.165, 1.54) is 0 Å². The van der Waals surface area contributed by atoms with Gasteiger partial charge in [-0.2, -0.15) is 4.52 Å². The van der Waals surface area contributed by atoms with Crippen LogP contribution in [-0.2, 0) is 13.1 Å². The van der Waals surface area contributed by atoms with Gasteiger partial charge in [-0.3, -0.25) is 4.90 Å². The minimum atomic E-state index is 0.499. The summed E-state index contributed by atoms with van der Waals surface area (Å²) in [6, 6.07) is 15.2. The minimum absolute atomic E-state index is 0.499. The van der Waals surface area contributed by atoms with E-state index in [4.69, 9.17) is 52.2 Å². The third-order valence-electron chi connectivity index (χ3n) is 7.12. The quantitative estimate of drug-likeness (QED) is 0.233. The smallest absolute Gasteiger partial charge is 0.226 e. The normalized spacial score (nSPS) is 14.0. The van der Waals surface area contributed by atoms with E-state index in [9.17, 15) is 0 Å². The molecule has 212 valence electrons. The first kappa shape index (κ1) is 27.2. The van der Waals surface area contributed by atoms with E-state index >= 15 is 0 Å². The SMILES string of the molecule is COc1ccc(CNc2ncc(CN3CCN(c4cccc(Cl)c4Cl)CC3)c3nc(-c4ccco4)nn23)cc1OC. The molecule has 0 atom stereocenters. The van der Waals surface area contributed by atoms with Gasteiger partial charge in [-0.15, -0.1) is 5.10 Å². The van der Waals surface area contributed by atoms with Crippen LogP contribution in [0.3, 0.4) is 0 Å². The zero-order chi connectivity index (χ0) is 28.3. The van der Waals surface area contributed by atoms with Crippen LogP contribution in [0.15, 0.2) is 65.4 Å². The second-order valence-electron chi connectivity index (χ2n) is 9.63. The molecule has 0 amide bonds. The summed E-state index contributed by atoms with van der Waals surface area (Å²) in [7, 11) is 3.24. The van der Waals surface area contributed by atoms with E-state index in [1.54, 1.807) is 25.0 Å². The molecule has 10 nitrogen and oxygen atoms in total. The molecule has 1 aliphatic rings. The van der Waals surface area contributed by atoms with E-state index in [0.29, 0.717) is 52.2 Å². The van der Waals surface area contributed by atoms with Crippen molar-refractivity contribution >= 4 is 40.5 Å². The lowest BCUT2D eigenvalue weighted by atomic mass is 10.2. The summed E-state index contributed by atoms with van der Waals surface area (Å²) in [4.78, 5) is 14.2. The van der Waals surface area contributed by atoms with Gasteiger partial charge >= 0.3 is 0 Å². The molecule has 1 aliphatic heterocycles. The number of nitrogens with one attached hydrogen (secondary N) is 1. The summed E-state index contributed by atoms with van der Waals surface area (Å²) >= 11 is 12.7. The first-order chi connectivity index (χ1) is 20.0. The van der Waals surface area contributed by atoms with Crippen LogP contribution in [0.5, 0.6) is 11.5 Å². The Bertz CT molecular complexity index is 1650. The third kappa shape index (κ3) is 5.63. The molecular weight excluding hydrogens is 565 g/mol. The number of hydrogen-bond donors (Lipinski definition) is 1. The lowest BCUT2D eigenvalue weighted by Crippen LogP contribution is -2.46. The predicted octanol–water partition coefficient (Wildman–Crippen LogP) is 5.64. The summed E-state index contributed by atoms with van der Waals surface area (Å²) in [5.74, 6) is 3.01. The fraction of sp³-hybridized carbons (Fsp3) is 0.276. The highest BCUT2D eigenvalue weighted by atomic mass is 35.5. The molecule has 3 aromatic heterocycles. The molecule has 0 saturated carbocycles. The van der Waals surface area contributed by atoms with Gasteiger partial charge in [0, 0.05) is 51.0 Å². The van der Waals surface area contributed by atoms with Gasteiger partial charge in [0.15, 0.2) is 22.9 Å². The van der Waals surface area contributed by atoms with Gasteiger partial charge in [0.1, 0.15) is 0 Å². The van der Waals surface area contributed by atoms with E-state index < -0.39 is 0 Å². The Hall–Kier alpha value is -3.99. The number of benzene rings is 2. The van der Waals surface area contributed by atoms with Crippen LogP contribution < -0.4 is 19.7 Å². The maximum Gasteiger partial charge on any atom is 0.226 e. The molecule has 4 heterocycles. The van der Waals surface area contributed by atoms with Crippen LogP contribution >= 0.6 is 23.2 Å². The van der Waals surface area contributed by atoms with Gasteiger partial charge in [0.25, 0.3) is 0 Å². The Kier molecular flexibility index (Phi) is 7.86. The van der Waals surface area contributed by atoms with E-state index in [0.717, 1.165) is 48.6 Å². The summed E-state index contributed by atoms with van der Waals surface area (Å²) in [5, 5.41) is 9.30. The zero-order valence-electron chi connectivity index (χ0n) is 22.7. The number of rotatable bonds is 9. The molecular formula is C29H29Cl2N7O3. The number of nitrogens with zero attached hydrogens (tertiary/aromatic N) is 6. The predicted molar refractivity (Wildman–Crippen MR) is 159 cm³/mol. The molecule has 1 N–H and O–H groups in total. The monoisotopic (exact) mass is 593 g/mol. The van der Waals surface area contributed by atoms with Crippen molar-refractivity contribution in [2.45, 2.75) is 13.1 Å². The van der Waals surface area contributed by atoms with Crippen molar-refractivity contribution in [1.29, 1.82) is 0 Å². The van der Waals surface area contributed by atoms with Crippen LogP contribution in [0.25, 0.3) is 17.2 Å². The van der Waals surface area contributed by atoms with Crippen molar-refractivity contribution in [3.8, 4) is 23.1 Å². The molecule has 2 aromatic carbocycles. The number of piperazine rings is 1. The molecule has 5 aromatic rings. The van der Waals surface area contributed by atoms with Gasteiger partial charge in [-0.05, 0) is 42.0 Å². The second-order valence-corrected chi connectivity index (χ2v) is 10.4. The highest BCUT2D eigenvalue weighted by Gasteiger charge is 2.22. The standard InChI is InChI=1S/C29H29Cl2N7O3/c1-39-23-9-8-19(15-25(23)40-2)16-32-29-33-17-20(28-34-27(35-38(28)29)24-7-4-14-41-24)18-36-10-12-37(13-11-36)22-6-3-5-21(30)26(22)31/h3-9,14-15,17H,10-13,16,18H2,1-2H3,(H,32,33). The highest BCUT2D eigenvalue weighted by molar-refractivity contribution is 6.43. The fourth-order valence-electron chi connectivity index (χ4n) is 4.96. The number of methoxy groups -OCH3 is 2. The van der Waals surface area contributed by atoms with Crippen LogP contribution in [0, 0.1) is 0 Å². The Labute approximate surface area is 247 Å². The van der Waals surface area contributed by atoms with Gasteiger partial charge in [-0.1, -0.05) is 35.3 Å². The van der Waals surface area contributed by atoms with Crippen LogP contribution in [-0.4, -0.2) is 64.9 Å². The van der Waals surface area contributed by atoms with Crippen molar-refractivity contribution < 1.29 is 13.9 Å². The van der Waals surface area contributed by atoms with Crippen molar-refractivity contribution in [3.05, 3.63) is 82.2 Å². The molecule has 0 unspecified atom stereocenters. The maximum atomic E-state index is 6.47. The first-order valence-corrected chi connectivity index (χ1v) is 13.9. The average molecular weight is 595 g/mol. The van der Waals surface area contributed by atoms with E-state index in [1.807, 2.05) is 54.7 Å². The largest absolute Gasteiger partial charge is 0.493 e. The Balaban J connectivity index is 1.22. The molecule has 0 bridgehead atoms. The number of hydrogen-bond acceptors (Lipinski definition) is 9.